The number of carboxylic acid groups (broad SMARTS) is 1. The van der Waals surface area contributed by atoms with Crippen LogP contribution in [0.4, 0.5) is 5.95 Å². The van der Waals surface area contributed by atoms with Gasteiger partial charge in [0.1, 0.15) is 0 Å². The van der Waals surface area contributed by atoms with Crippen LogP contribution in [-0.2, 0) is 0 Å². The van der Waals surface area contributed by atoms with Crippen LogP contribution in [0, 0.1) is 0 Å². The minimum absolute atomic E-state index is 0.276. The van der Waals surface area contributed by atoms with E-state index in [0.29, 0.717) is 11.9 Å². The highest BCUT2D eigenvalue weighted by molar-refractivity contribution is 5.89. The summed E-state index contributed by atoms with van der Waals surface area (Å²) in [5, 5.41) is 9.15. The van der Waals surface area contributed by atoms with Gasteiger partial charge in [-0.1, -0.05) is 0 Å². The van der Waals surface area contributed by atoms with E-state index in [1.165, 1.54) is 25.5 Å². The molecule has 1 saturated carbocycles. The van der Waals surface area contributed by atoms with Crippen LogP contribution >= 0.6 is 0 Å². The zero-order valence-electron chi connectivity index (χ0n) is 10.3. The molecule has 2 heterocycles. The highest BCUT2D eigenvalue weighted by atomic mass is 16.4. The summed E-state index contributed by atoms with van der Waals surface area (Å²) in [4.78, 5) is 22.1. The molecule has 1 aliphatic heterocycles. The van der Waals surface area contributed by atoms with Crippen molar-refractivity contribution in [3.8, 4) is 0 Å². The Bertz CT molecular complexity index is 465. The quantitative estimate of drug-likeness (QED) is 0.885. The first kappa shape index (κ1) is 11.4. The van der Waals surface area contributed by atoms with Gasteiger partial charge in [0, 0.05) is 25.2 Å². The maximum Gasteiger partial charge on any atom is 0.339 e. The van der Waals surface area contributed by atoms with E-state index in [-0.39, 0.29) is 5.56 Å². The average molecular weight is 247 g/mol. The van der Waals surface area contributed by atoms with Gasteiger partial charge in [-0.25, -0.2) is 14.8 Å². The number of hydrogen-bond acceptors (Lipinski definition) is 4. The Morgan fingerprint density at radius 2 is 2.00 bits per heavy atom. The second kappa shape index (κ2) is 4.55. The summed E-state index contributed by atoms with van der Waals surface area (Å²) in [6.07, 6.45) is 7.19. The fourth-order valence-electron chi connectivity index (χ4n) is 2.46. The molecule has 1 aliphatic carbocycles. The van der Waals surface area contributed by atoms with Crippen molar-refractivity contribution < 1.29 is 9.90 Å². The van der Waals surface area contributed by atoms with E-state index in [4.69, 9.17) is 5.11 Å². The van der Waals surface area contributed by atoms with Gasteiger partial charge in [0.05, 0.1) is 11.3 Å². The van der Waals surface area contributed by atoms with Gasteiger partial charge in [-0.05, 0) is 32.1 Å². The summed E-state index contributed by atoms with van der Waals surface area (Å²) in [7, 11) is 0. The number of aromatic carboxylic acids is 1. The van der Waals surface area contributed by atoms with Crippen molar-refractivity contribution >= 4 is 11.9 Å². The molecule has 96 valence electrons. The Morgan fingerprint density at radius 3 is 2.61 bits per heavy atom. The number of carboxylic acids is 1. The molecule has 0 unspecified atom stereocenters. The van der Waals surface area contributed by atoms with Crippen molar-refractivity contribution in [2.75, 3.05) is 18.0 Å². The number of nitrogens with zero attached hydrogens (tertiary/aromatic N) is 3. The molecular formula is C13H17N3O2. The maximum absolute atomic E-state index is 11.1. The number of carbonyl (C=O) groups is 1. The lowest BCUT2D eigenvalue weighted by atomic mass is 10.1. The van der Waals surface area contributed by atoms with Crippen LogP contribution in [0.15, 0.2) is 6.20 Å². The van der Waals surface area contributed by atoms with Crippen LogP contribution in [0.25, 0.3) is 0 Å². The van der Waals surface area contributed by atoms with E-state index in [0.717, 1.165) is 31.6 Å². The van der Waals surface area contributed by atoms with Gasteiger partial charge < -0.3 is 10.0 Å². The molecule has 5 nitrogen and oxygen atoms in total. The van der Waals surface area contributed by atoms with E-state index < -0.39 is 5.97 Å². The van der Waals surface area contributed by atoms with Gasteiger partial charge in [0.25, 0.3) is 0 Å². The van der Waals surface area contributed by atoms with E-state index in [2.05, 4.69) is 14.9 Å². The second-order valence-electron chi connectivity index (χ2n) is 5.10. The average Bonchev–Trinajstić information content (AvgIpc) is 3.23. The van der Waals surface area contributed by atoms with Crippen LogP contribution in [0.3, 0.4) is 0 Å². The molecule has 18 heavy (non-hydrogen) atoms. The highest BCUT2D eigenvalue weighted by Gasteiger charge is 2.31. The highest BCUT2D eigenvalue weighted by Crippen LogP contribution is 2.41. The number of aromatic nitrogens is 2. The molecular weight excluding hydrogens is 230 g/mol. The molecule has 0 spiro atoms. The largest absolute Gasteiger partial charge is 0.478 e. The minimum Gasteiger partial charge on any atom is -0.478 e. The number of rotatable bonds is 3. The lowest BCUT2D eigenvalue weighted by molar-refractivity contribution is 0.0694. The van der Waals surface area contributed by atoms with Gasteiger partial charge in [-0.2, -0.15) is 0 Å². The zero-order valence-corrected chi connectivity index (χ0v) is 10.3. The van der Waals surface area contributed by atoms with E-state index in [1.807, 2.05) is 0 Å². The third-order valence-corrected chi connectivity index (χ3v) is 3.64. The van der Waals surface area contributed by atoms with Crippen molar-refractivity contribution in [3.63, 3.8) is 0 Å². The molecule has 1 aromatic heterocycles. The van der Waals surface area contributed by atoms with Crippen molar-refractivity contribution in [2.45, 2.75) is 38.0 Å². The summed E-state index contributed by atoms with van der Waals surface area (Å²) in [5.41, 5.74) is 1.01. The molecule has 0 radical (unpaired) electrons. The van der Waals surface area contributed by atoms with Crippen molar-refractivity contribution in [3.05, 3.63) is 17.5 Å². The summed E-state index contributed by atoms with van der Waals surface area (Å²) in [6, 6.07) is 0. The molecule has 1 saturated heterocycles. The molecule has 1 N–H and O–H groups in total. The van der Waals surface area contributed by atoms with Crippen molar-refractivity contribution in [1.29, 1.82) is 0 Å². The molecule has 3 rings (SSSR count). The van der Waals surface area contributed by atoms with Gasteiger partial charge in [-0.15, -0.1) is 0 Å². The second-order valence-corrected chi connectivity index (χ2v) is 5.10. The fraction of sp³-hybridized carbons (Fsp3) is 0.615. The van der Waals surface area contributed by atoms with Crippen LogP contribution in [0.1, 0.15) is 54.1 Å². The predicted octanol–water partition coefficient (Wildman–Crippen LogP) is 2.04. The number of anilines is 1. The topological polar surface area (TPSA) is 66.3 Å². The van der Waals surface area contributed by atoms with E-state index in [9.17, 15) is 4.79 Å². The smallest absolute Gasteiger partial charge is 0.339 e. The summed E-state index contributed by atoms with van der Waals surface area (Å²) >= 11 is 0. The molecule has 0 atom stereocenters. The third-order valence-electron chi connectivity index (χ3n) is 3.64. The first-order valence-corrected chi connectivity index (χ1v) is 6.61. The molecule has 5 heteroatoms. The predicted molar refractivity (Wildman–Crippen MR) is 67.0 cm³/mol. The van der Waals surface area contributed by atoms with Gasteiger partial charge in [0.2, 0.25) is 5.95 Å². The van der Waals surface area contributed by atoms with Crippen molar-refractivity contribution in [2.24, 2.45) is 0 Å². The molecule has 1 aromatic rings. The van der Waals surface area contributed by atoms with Crippen LogP contribution in [-0.4, -0.2) is 34.1 Å². The van der Waals surface area contributed by atoms with Gasteiger partial charge >= 0.3 is 5.97 Å². The lowest BCUT2D eigenvalue weighted by Gasteiger charge is -2.27. The zero-order chi connectivity index (χ0) is 12.5. The number of hydrogen-bond donors (Lipinski definition) is 1. The normalized spacial score (nSPS) is 19.9. The molecule has 2 fully saturated rings. The van der Waals surface area contributed by atoms with E-state index in [1.54, 1.807) is 0 Å². The van der Waals surface area contributed by atoms with Crippen LogP contribution < -0.4 is 4.90 Å². The van der Waals surface area contributed by atoms with Crippen LogP contribution in [0.5, 0.6) is 0 Å². The first-order chi connectivity index (χ1) is 8.75. The fourth-order valence-corrected chi connectivity index (χ4v) is 2.46. The summed E-state index contributed by atoms with van der Waals surface area (Å²) < 4.78 is 0. The number of piperidine rings is 1. The monoisotopic (exact) mass is 247 g/mol. The molecule has 2 aliphatic rings. The lowest BCUT2D eigenvalue weighted by Crippen LogP contribution is -2.31. The Kier molecular flexibility index (Phi) is 2.89. The summed E-state index contributed by atoms with van der Waals surface area (Å²) in [6.45, 7) is 1.97. The Balaban J connectivity index is 1.91. The van der Waals surface area contributed by atoms with Crippen molar-refractivity contribution in [1.82, 2.24) is 9.97 Å². The standard InChI is InChI=1S/C13H17N3O2/c17-12(18)10-8-14-13(15-11(10)9-4-5-9)16-6-2-1-3-7-16/h8-9H,1-7H2,(H,17,18). The maximum atomic E-state index is 11.1. The molecule has 0 bridgehead atoms. The van der Waals surface area contributed by atoms with Gasteiger partial charge in [0.15, 0.2) is 0 Å². The Morgan fingerprint density at radius 1 is 1.28 bits per heavy atom. The molecule has 0 amide bonds. The third kappa shape index (κ3) is 2.17. The van der Waals surface area contributed by atoms with Gasteiger partial charge in [-0.3, -0.25) is 0 Å². The minimum atomic E-state index is -0.915. The summed E-state index contributed by atoms with van der Waals surface area (Å²) in [5.74, 6) is 0.131. The van der Waals surface area contributed by atoms with Crippen LogP contribution in [0.2, 0.25) is 0 Å². The Labute approximate surface area is 106 Å². The Hall–Kier alpha value is -1.65. The molecule has 0 aromatic carbocycles. The first-order valence-electron chi connectivity index (χ1n) is 6.61. The SMILES string of the molecule is O=C(O)c1cnc(N2CCCCC2)nc1C1CC1. The van der Waals surface area contributed by atoms with E-state index >= 15 is 0 Å².